The Morgan fingerprint density at radius 1 is 1.40 bits per heavy atom. The van der Waals surface area contributed by atoms with Crippen molar-refractivity contribution in [2.75, 3.05) is 19.0 Å². The van der Waals surface area contributed by atoms with Crippen molar-refractivity contribution in [2.24, 2.45) is 5.92 Å². The largest absolute Gasteiger partial charge is 0.478 e. The average Bonchev–Trinajstić information content (AvgIpc) is 2.36. The molecule has 1 heterocycles. The number of carbonyl (C=O) groups excluding carboxylic acids is 1. The van der Waals surface area contributed by atoms with Crippen LogP contribution in [0.3, 0.4) is 0 Å². The minimum atomic E-state index is -0.427. The van der Waals surface area contributed by atoms with E-state index in [4.69, 9.17) is 9.47 Å². The van der Waals surface area contributed by atoms with Crippen molar-refractivity contribution in [2.45, 2.75) is 40.2 Å². The van der Waals surface area contributed by atoms with Crippen molar-refractivity contribution < 1.29 is 14.3 Å². The molecule has 0 saturated carbocycles. The number of methoxy groups -OCH3 is 1. The number of aryl methyl sites for hydroxylation is 1. The van der Waals surface area contributed by atoms with Crippen molar-refractivity contribution >= 4 is 11.8 Å². The van der Waals surface area contributed by atoms with Gasteiger partial charge >= 0.3 is 5.97 Å². The number of aromatic nitrogens is 2. The predicted octanol–water partition coefficient (Wildman–Crippen LogP) is 2.18. The minimum Gasteiger partial charge on any atom is -0.478 e. The molecule has 0 saturated heterocycles. The molecule has 112 valence electrons. The number of hydrogen-bond acceptors (Lipinski definition) is 6. The summed E-state index contributed by atoms with van der Waals surface area (Å²) in [5.74, 6) is 1.72. The van der Waals surface area contributed by atoms with Gasteiger partial charge in [-0.15, -0.1) is 0 Å². The van der Waals surface area contributed by atoms with Gasteiger partial charge in [0.1, 0.15) is 17.7 Å². The lowest BCUT2D eigenvalue weighted by Crippen LogP contribution is -2.32. The van der Waals surface area contributed by atoms with Gasteiger partial charge in [-0.3, -0.25) is 0 Å². The Bertz CT molecular complexity index is 449. The van der Waals surface area contributed by atoms with E-state index in [1.54, 1.807) is 13.0 Å². The van der Waals surface area contributed by atoms with Crippen LogP contribution in [-0.2, 0) is 9.53 Å². The summed E-state index contributed by atoms with van der Waals surface area (Å²) in [7, 11) is 1.38. The second-order valence-electron chi connectivity index (χ2n) is 4.92. The molecule has 1 atom stereocenters. The fourth-order valence-electron chi connectivity index (χ4n) is 1.84. The zero-order chi connectivity index (χ0) is 15.1. The van der Waals surface area contributed by atoms with Gasteiger partial charge in [-0.2, -0.15) is 4.98 Å². The van der Waals surface area contributed by atoms with Gasteiger partial charge in [-0.25, -0.2) is 9.78 Å². The van der Waals surface area contributed by atoms with E-state index in [0.717, 1.165) is 0 Å². The van der Waals surface area contributed by atoms with Crippen LogP contribution in [-0.4, -0.2) is 35.7 Å². The number of carbonyl (C=O) groups is 1. The van der Waals surface area contributed by atoms with Crippen LogP contribution in [0.15, 0.2) is 6.07 Å². The van der Waals surface area contributed by atoms with Gasteiger partial charge in [-0.1, -0.05) is 13.8 Å². The molecule has 1 rings (SSSR count). The molecule has 0 aromatic carbocycles. The maximum Gasteiger partial charge on any atom is 0.328 e. The summed E-state index contributed by atoms with van der Waals surface area (Å²) < 4.78 is 10.2. The Balaban J connectivity index is 2.89. The number of esters is 1. The number of ether oxygens (including phenoxy) is 2. The lowest BCUT2D eigenvalue weighted by molar-refractivity contribution is -0.141. The third kappa shape index (κ3) is 5.03. The Hall–Kier alpha value is -1.85. The molecule has 20 heavy (non-hydrogen) atoms. The Morgan fingerprint density at radius 2 is 2.10 bits per heavy atom. The Labute approximate surface area is 119 Å². The molecule has 0 radical (unpaired) electrons. The summed E-state index contributed by atoms with van der Waals surface area (Å²) in [6.07, 6.45) is 0.666. The van der Waals surface area contributed by atoms with E-state index in [0.29, 0.717) is 36.5 Å². The van der Waals surface area contributed by atoms with Crippen LogP contribution in [0.1, 0.15) is 33.0 Å². The first-order valence-corrected chi connectivity index (χ1v) is 6.79. The Kier molecular flexibility index (Phi) is 6.21. The predicted molar refractivity (Wildman–Crippen MR) is 76.8 cm³/mol. The summed E-state index contributed by atoms with van der Waals surface area (Å²) >= 11 is 0. The van der Waals surface area contributed by atoms with Crippen LogP contribution in [0.5, 0.6) is 5.88 Å². The molecule has 0 aliphatic rings. The van der Waals surface area contributed by atoms with Crippen molar-refractivity contribution in [1.29, 1.82) is 0 Å². The van der Waals surface area contributed by atoms with E-state index in [1.165, 1.54) is 7.11 Å². The molecule has 1 unspecified atom stereocenters. The molecule has 1 aromatic rings. The quantitative estimate of drug-likeness (QED) is 0.772. The Morgan fingerprint density at radius 3 is 2.65 bits per heavy atom. The first-order valence-electron chi connectivity index (χ1n) is 6.79. The van der Waals surface area contributed by atoms with Crippen LogP contribution in [0.2, 0.25) is 0 Å². The van der Waals surface area contributed by atoms with E-state index in [2.05, 4.69) is 29.1 Å². The summed E-state index contributed by atoms with van der Waals surface area (Å²) in [6, 6.07) is 1.26. The van der Waals surface area contributed by atoms with E-state index >= 15 is 0 Å². The van der Waals surface area contributed by atoms with Gasteiger partial charge in [0.2, 0.25) is 5.88 Å². The summed E-state index contributed by atoms with van der Waals surface area (Å²) in [5.41, 5.74) is 0. The van der Waals surface area contributed by atoms with E-state index < -0.39 is 6.04 Å². The van der Waals surface area contributed by atoms with Crippen LogP contribution < -0.4 is 10.1 Å². The highest BCUT2D eigenvalue weighted by atomic mass is 16.5. The molecule has 0 bridgehead atoms. The first kappa shape index (κ1) is 16.2. The van der Waals surface area contributed by atoms with Gasteiger partial charge < -0.3 is 14.8 Å². The van der Waals surface area contributed by atoms with Gasteiger partial charge in [0.05, 0.1) is 13.7 Å². The van der Waals surface area contributed by atoms with Crippen molar-refractivity contribution in [3.05, 3.63) is 11.9 Å². The van der Waals surface area contributed by atoms with Gasteiger partial charge in [0.25, 0.3) is 0 Å². The third-order valence-corrected chi connectivity index (χ3v) is 2.62. The normalized spacial score (nSPS) is 12.1. The monoisotopic (exact) mass is 281 g/mol. The maximum atomic E-state index is 11.8. The minimum absolute atomic E-state index is 0.298. The highest BCUT2D eigenvalue weighted by Gasteiger charge is 2.21. The van der Waals surface area contributed by atoms with Crippen molar-refractivity contribution in [3.63, 3.8) is 0 Å². The standard InChI is InChI=1S/C14H23N3O3/c1-6-20-13-8-12(15-10(4)16-13)17-11(7-9(2)3)14(18)19-5/h8-9,11H,6-7H2,1-5H3,(H,15,16,17). The number of hydrogen-bond donors (Lipinski definition) is 1. The van der Waals surface area contributed by atoms with Crippen molar-refractivity contribution in [3.8, 4) is 5.88 Å². The number of anilines is 1. The second-order valence-corrected chi connectivity index (χ2v) is 4.92. The van der Waals surface area contributed by atoms with Crippen LogP contribution in [0, 0.1) is 12.8 Å². The van der Waals surface area contributed by atoms with Gasteiger partial charge in [0.15, 0.2) is 0 Å². The SMILES string of the molecule is CCOc1cc(NC(CC(C)C)C(=O)OC)nc(C)n1. The third-order valence-electron chi connectivity index (χ3n) is 2.62. The number of rotatable bonds is 7. The molecule has 0 aliphatic carbocycles. The summed E-state index contributed by atoms with van der Waals surface area (Å²) in [6.45, 7) is 8.30. The summed E-state index contributed by atoms with van der Waals surface area (Å²) in [4.78, 5) is 20.2. The van der Waals surface area contributed by atoms with Crippen LogP contribution in [0.25, 0.3) is 0 Å². The molecule has 1 aromatic heterocycles. The molecule has 0 amide bonds. The highest BCUT2D eigenvalue weighted by Crippen LogP contribution is 2.17. The van der Waals surface area contributed by atoms with Gasteiger partial charge in [-0.05, 0) is 26.2 Å². The molecular formula is C14H23N3O3. The molecule has 0 spiro atoms. The average molecular weight is 281 g/mol. The lowest BCUT2D eigenvalue weighted by atomic mass is 10.0. The van der Waals surface area contributed by atoms with E-state index in [-0.39, 0.29) is 5.97 Å². The first-order chi connectivity index (χ1) is 9.46. The second kappa shape index (κ2) is 7.67. The zero-order valence-corrected chi connectivity index (χ0v) is 12.8. The molecule has 6 heteroatoms. The van der Waals surface area contributed by atoms with Crippen LogP contribution in [0.4, 0.5) is 5.82 Å². The van der Waals surface area contributed by atoms with Crippen LogP contribution >= 0.6 is 0 Å². The topological polar surface area (TPSA) is 73.3 Å². The van der Waals surface area contributed by atoms with E-state index in [9.17, 15) is 4.79 Å². The molecule has 6 nitrogen and oxygen atoms in total. The molecule has 0 fully saturated rings. The molecule has 0 aliphatic heterocycles. The fraction of sp³-hybridized carbons (Fsp3) is 0.643. The molecule has 1 N–H and O–H groups in total. The number of nitrogens with zero attached hydrogens (tertiary/aromatic N) is 2. The lowest BCUT2D eigenvalue weighted by Gasteiger charge is -2.19. The van der Waals surface area contributed by atoms with E-state index in [1.807, 2.05) is 6.92 Å². The number of nitrogens with one attached hydrogen (secondary N) is 1. The fourth-order valence-corrected chi connectivity index (χ4v) is 1.84. The molecular weight excluding hydrogens is 258 g/mol. The van der Waals surface area contributed by atoms with Gasteiger partial charge in [0, 0.05) is 6.07 Å². The smallest absolute Gasteiger partial charge is 0.328 e. The summed E-state index contributed by atoms with van der Waals surface area (Å²) in [5, 5.41) is 3.10. The zero-order valence-electron chi connectivity index (χ0n) is 12.8. The van der Waals surface area contributed by atoms with Crippen molar-refractivity contribution in [1.82, 2.24) is 9.97 Å². The maximum absolute atomic E-state index is 11.8. The highest BCUT2D eigenvalue weighted by molar-refractivity contribution is 5.78.